The molecule has 0 aliphatic carbocycles. The molecule has 0 saturated carbocycles. The van der Waals surface area contributed by atoms with E-state index in [1.807, 2.05) is 13.8 Å². The van der Waals surface area contributed by atoms with Crippen molar-refractivity contribution in [3.05, 3.63) is 22.6 Å². The Balaban J connectivity index is 3.11. The van der Waals surface area contributed by atoms with E-state index in [9.17, 15) is 0 Å². The quantitative estimate of drug-likeness (QED) is 0.556. The predicted octanol–water partition coefficient (Wildman–Crippen LogP) is 2.12. The SMILES string of the molecule is CCC(NN)c1c(C)oc(C)c1C. The number of hydrogen-bond acceptors (Lipinski definition) is 3. The topological polar surface area (TPSA) is 51.2 Å². The van der Waals surface area contributed by atoms with Gasteiger partial charge in [0.2, 0.25) is 0 Å². The van der Waals surface area contributed by atoms with Gasteiger partial charge in [-0.05, 0) is 32.8 Å². The molecular formula is C10H18N2O. The van der Waals surface area contributed by atoms with Crippen molar-refractivity contribution in [2.24, 2.45) is 5.84 Å². The first-order valence-electron chi connectivity index (χ1n) is 4.64. The second-order valence-electron chi connectivity index (χ2n) is 3.38. The van der Waals surface area contributed by atoms with Crippen LogP contribution in [-0.4, -0.2) is 0 Å². The van der Waals surface area contributed by atoms with E-state index >= 15 is 0 Å². The van der Waals surface area contributed by atoms with Crippen LogP contribution in [0.15, 0.2) is 4.42 Å². The van der Waals surface area contributed by atoms with E-state index in [4.69, 9.17) is 10.3 Å². The Morgan fingerprint density at radius 1 is 1.31 bits per heavy atom. The first-order valence-corrected chi connectivity index (χ1v) is 4.64. The lowest BCUT2D eigenvalue weighted by Crippen LogP contribution is -2.28. The Kier molecular flexibility index (Phi) is 3.12. The molecule has 1 heterocycles. The van der Waals surface area contributed by atoms with Gasteiger partial charge < -0.3 is 4.42 Å². The zero-order valence-corrected chi connectivity index (χ0v) is 8.77. The van der Waals surface area contributed by atoms with Crippen LogP contribution in [-0.2, 0) is 0 Å². The van der Waals surface area contributed by atoms with Crippen LogP contribution in [0.4, 0.5) is 0 Å². The van der Waals surface area contributed by atoms with Gasteiger partial charge in [0.15, 0.2) is 0 Å². The van der Waals surface area contributed by atoms with E-state index in [2.05, 4.69) is 19.3 Å². The molecule has 0 aliphatic rings. The van der Waals surface area contributed by atoms with Gasteiger partial charge in [0.1, 0.15) is 11.5 Å². The molecule has 1 unspecified atom stereocenters. The van der Waals surface area contributed by atoms with Crippen LogP contribution in [0.25, 0.3) is 0 Å². The monoisotopic (exact) mass is 182 g/mol. The second kappa shape index (κ2) is 3.94. The maximum Gasteiger partial charge on any atom is 0.106 e. The standard InChI is InChI=1S/C10H18N2O/c1-5-9(12-11)10-6(2)7(3)13-8(10)4/h9,12H,5,11H2,1-4H3. The largest absolute Gasteiger partial charge is 0.466 e. The van der Waals surface area contributed by atoms with Crippen LogP contribution in [0.2, 0.25) is 0 Å². The number of nitrogens with two attached hydrogens (primary N) is 1. The predicted molar refractivity (Wildman–Crippen MR) is 53.3 cm³/mol. The normalized spacial score (nSPS) is 13.3. The molecule has 3 nitrogen and oxygen atoms in total. The molecule has 1 atom stereocenters. The Morgan fingerprint density at radius 2 is 1.92 bits per heavy atom. The molecule has 0 amide bonds. The van der Waals surface area contributed by atoms with Gasteiger partial charge in [-0.2, -0.15) is 0 Å². The summed E-state index contributed by atoms with van der Waals surface area (Å²) >= 11 is 0. The average molecular weight is 182 g/mol. The van der Waals surface area contributed by atoms with E-state index in [1.165, 1.54) is 11.1 Å². The summed E-state index contributed by atoms with van der Waals surface area (Å²) in [5, 5.41) is 0. The Labute approximate surface area is 79.3 Å². The third kappa shape index (κ3) is 1.76. The van der Waals surface area contributed by atoms with Gasteiger partial charge in [-0.1, -0.05) is 6.92 Å². The van der Waals surface area contributed by atoms with E-state index in [-0.39, 0.29) is 6.04 Å². The van der Waals surface area contributed by atoms with E-state index < -0.39 is 0 Å². The number of furan rings is 1. The molecule has 0 aliphatic heterocycles. The van der Waals surface area contributed by atoms with Crippen LogP contribution in [0.3, 0.4) is 0 Å². The zero-order chi connectivity index (χ0) is 10.0. The highest BCUT2D eigenvalue weighted by atomic mass is 16.3. The van der Waals surface area contributed by atoms with Gasteiger partial charge in [0, 0.05) is 11.6 Å². The van der Waals surface area contributed by atoms with Crippen LogP contribution >= 0.6 is 0 Å². The third-order valence-electron chi connectivity index (χ3n) is 2.58. The summed E-state index contributed by atoms with van der Waals surface area (Å²) < 4.78 is 5.53. The van der Waals surface area contributed by atoms with Gasteiger partial charge in [0.25, 0.3) is 0 Å². The summed E-state index contributed by atoms with van der Waals surface area (Å²) in [5.74, 6) is 7.43. The number of nitrogens with one attached hydrogen (secondary N) is 1. The Hall–Kier alpha value is -0.800. The van der Waals surface area contributed by atoms with Crippen molar-refractivity contribution in [3.63, 3.8) is 0 Å². The average Bonchev–Trinajstić information content (AvgIpc) is 2.34. The fourth-order valence-corrected chi connectivity index (χ4v) is 1.73. The molecule has 13 heavy (non-hydrogen) atoms. The molecule has 3 heteroatoms. The van der Waals surface area contributed by atoms with Crippen molar-refractivity contribution in [2.75, 3.05) is 0 Å². The third-order valence-corrected chi connectivity index (χ3v) is 2.58. The highest BCUT2D eigenvalue weighted by Crippen LogP contribution is 2.28. The smallest absolute Gasteiger partial charge is 0.106 e. The van der Waals surface area contributed by atoms with E-state index in [0.717, 1.165) is 17.9 Å². The molecule has 1 aromatic rings. The van der Waals surface area contributed by atoms with Crippen LogP contribution in [0, 0.1) is 20.8 Å². The van der Waals surface area contributed by atoms with Gasteiger partial charge in [-0.15, -0.1) is 0 Å². The van der Waals surface area contributed by atoms with Gasteiger partial charge in [-0.25, -0.2) is 0 Å². The van der Waals surface area contributed by atoms with Crippen molar-refractivity contribution in [1.82, 2.24) is 5.43 Å². The summed E-state index contributed by atoms with van der Waals surface area (Å²) in [6, 6.07) is 0.206. The number of hydrazine groups is 1. The number of hydrogen-bond donors (Lipinski definition) is 2. The van der Waals surface area contributed by atoms with Crippen LogP contribution in [0.1, 0.15) is 42.0 Å². The fourth-order valence-electron chi connectivity index (χ4n) is 1.73. The summed E-state index contributed by atoms with van der Waals surface area (Å²) in [5.41, 5.74) is 5.22. The molecule has 0 radical (unpaired) electrons. The molecule has 0 fully saturated rings. The Morgan fingerprint density at radius 3 is 2.23 bits per heavy atom. The molecule has 1 aromatic heterocycles. The van der Waals surface area contributed by atoms with E-state index in [0.29, 0.717) is 0 Å². The van der Waals surface area contributed by atoms with Gasteiger partial charge in [-0.3, -0.25) is 11.3 Å². The summed E-state index contributed by atoms with van der Waals surface area (Å²) in [7, 11) is 0. The van der Waals surface area contributed by atoms with Crippen LogP contribution in [0.5, 0.6) is 0 Å². The van der Waals surface area contributed by atoms with Crippen molar-refractivity contribution >= 4 is 0 Å². The molecular weight excluding hydrogens is 164 g/mol. The first-order chi connectivity index (χ1) is 6.11. The molecule has 0 saturated heterocycles. The molecule has 3 N–H and O–H groups in total. The maximum absolute atomic E-state index is 5.53. The first kappa shape index (κ1) is 10.3. The molecule has 74 valence electrons. The Bertz CT molecular complexity index is 287. The minimum Gasteiger partial charge on any atom is -0.466 e. The summed E-state index contributed by atoms with van der Waals surface area (Å²) in [4.78, 5) is 0. The minimum absolute atomic E-state index is 0.206. The summed E-state index contributed by atoms with van der Waals surface area (Å²) in [6.45, 7) is 8.14. The molecule has 0 bridgehead atoms. The maximum atomic E-state index is 5.53. The lowest BCUT2D eigenvalue weighted by molar-refractivity contribution is 0.481. The van der Waals surface area contributed by atoms with Crippen molar-refractivity contribution < 1.29 is 4.42 Å². The van der Waals surface area contributed by atoms with Gasteiger partial charge >= 0.3 is 0 Å². The van der Waals surface area contributed by atoms with Crippen molar-refractivity contribution in [3.8, 4) is 0 Å². The molecule has 0 aromatic carbocycles. The highest BCUT2D eigenvalue weighted by molar-refractivity contribution is 5.34. The number of rotatable bonds is 3. The molecule has 0 spiro atoms. The minimum atomic E-state index is 0.206. The second-order valence-corrected chi connectivity index (χ2v) is 3.38. The molecule has 1 rings (SSSR count). The number of aryl methyl sites for hydroxylation is 2. The summed E-state index contributed by atoms with van der Waals surface area (Å²) in [6.07, 6.45) is 0.969. The van der Waals surface area contributed by atoms with Crippen molar-refractivity contribution in [1.29, 1.82) is 0 Å². The van der Waals surface area contributed by atoms with Gasteiger partial charge in [0.05, 0.1) is 0 Å². The highest BCUT2D eigenvalue weighted by Gasteiger charge is 2.17. The van der Waals surface area contributed by atoms with Crippen LogP contribution < -0.4 is 11.3 Å². The fraction of sp³-hybridized carbons (Fsp3) is 0.600. The lowest BCUT2D eigenvalue weighted by atomic mass is 10.0. The van der Waals surface area contributed by atoms with Crippen molar-refractivity contribution in [2.45, 2.75) is 40.2 Å². The zero-order valence-electron chi connectivity index (χ0n) is 8.77. The lowest BCUT2D eigenvalue weighted by Gasteiger charge is -2.13. The van der Waals surface area contributed by atoms with E-state index in [1.54, 1.807) is 0 Å².